The normalized spacial score (nSPS) is 18.0. The van der Waals surface area contributed by atoms with E-state index in [9.17, 15) is 4.39 Å². The molecule has 5 heteroatoms. The Labute approximate surface area is 122 Å². The standard InChI is InChI=1S/C15H18FN3S/c1-19-10-11(9-18-19)5-7-17-14-6-8-20-15-12(14)3-2-4-13(15)16/h2-4,9-10,14,17H,5-8H2,1H3. The average Bonchev–Trinajstić information content (AvgIpc) is 2.86. The molecular weight excluding hydrogens is 273 g/mol. The minimum absolute atomic E-state index is 0.0914. The van der Waals surface area contributed by atoms with Crippen molar-refractivity contribution in [1.29, 1.82) is 0 Å². The van der Waals surface area contributed by atoms with E-state index in [0.717, 1.165) is 35.6 Å². The van der Waals surface area contributed by atoms with Crippen LogP contribution in [0.1, 0.15) is 23.6 Å². The van der Waals surface area contributed by atoms with Gasteiger partial charge in [0.25, 0.3) is 0 Å². The highest BCUT2D eigenvalue weighted by atomic mass is 32.2. The van der Waals surface area contributed by atoms with E-state index in [0.29, 0.717) is 0 Å². The minimum Gasteiger partial charge on any atom is -0.310 e. The summed E-state index contributed by atoms with van der Waals surface area (Å²) >= 11 is 1.62. The van der Waals surface area contributed by atoms with Crippen LogP contribution in [0, 0.1) is 5.82 Å². The Morgan fingerprint density at radius 2 is 2.40 bits per heavy atom. The number of aryl methyl sites for hydroxylation is 1. The van der Waals surface area contributed by atoms with E-state index < -0.39 is 0 Å². The fourth-order valence-corrected chi connectivity index (χ4v) is 3.73. The molecule has 2 heterocycles. The van der Waals surface area contributed by atoms with Crippen molar-refractivity contribution in [3.8, 4) is 0 Å². The van der Waals surface area contributed by atoms with Crippen molar-refractivity contribution < 1.29 is 4.39 Å². The van der Waals surface area contributed by atoms with Gasteiger partial charge < -0.3 is 5.32 Å². The Hall–Kier alpha value is -1.33. The molecule has 0 saturated carbocycles. The van der Waals surface area contributed by atoms with Gasteiger partial charge in [-0.05, 0) is 42.3 Å². The molecule has 106 valence electrons. The maximum Gasteiger partial charge on any atom is 0.137 e. The Kier molecular flexibility index (Phi) is 4.08. The second-order valence-corrected chi connectivity index (χ2v) is 6.18. The number of thioether (sulfide) groups is 1. The molecule has 3 nitrogen and oxygen atoms in total. The van der Waals surface area contributed by atoms with Gasteiger partial charge in [0, 0.05) is 24.2 Å². The largest absolute Gasteiger partial charge is 0.310 e. The fourth-order valence-electron chi connectivity index (χ4n) is 2.59. The number of nitrogens with one attached hydrogen (secondary N) is 1. The zero-order valence-corrected chi connectivity index (χ0v) is 12.3. The van der Waals surface area contributed by atoms with Crippen LogP contribution in [-0.4, -0.2) is 22.1 Å². The summed E-state index contributed by atoms with van der Waals surface area (Å²) in [5, 5.41) is 7.71. The van der Waals surface area contributed by atoms with Crippen LogP contribution in [0.4, 0.5) is 4.39 Å². The third-order valence-corrected chi connectivity index (χ3v) is 4.75. The number of rotatable bonds is 4. The first-order chi connectivity index (χ1) is 9.74. The van der Waals surface area contributed by atoms with Crippen LogP contribution in [0.3, 0.4) is 0 Å². The molecular formula is C15H18FN3S. The monoisotopic (exact) mass is 291 g/mol. The fraction of sp³-hybridized carbons (Fsp3) is 0.400. The second-order valence-electron chi connectivity index (χ2n) is 5.07. The van der Waals surface area contributed by atoms with Gasteiger partial charge in [0.2, 0.25) is 0 Å². The molecule has 0 aliphatic carbocycles. The van der Waals surface area contributed by atoms with Gasteiger partial charge in [-0.1, -0.05) is 12.1 Å². The van der Waals surface area contributed by atoms with E-state index in [-0.39, 0.29) is 11.9 Å². The van der Waals surface area contributed by atoms with E-state index in [1.165, 1.54) is 5.56 Å². The third kappa shape index (κ3) is 2.88. The van der Waals surface area contributed by atoms with Crippen LogP contribution in [0.2, 0.25) is 0 Å². The SMILES string of the molecule is Cn1cc(CCNC2CCSc3c(F)cccc32)cn1. The number of hydrogen-bond donors (Lipinski definition) is 1. The zero-order chi connectivity index (χ0) is 13.9. The molecule has 1 atom stereocenters. The summed E-state index contributed by atoms with van der Waals surface area (Å²) < 4.78 is 15.6. The van der Waals surface area contributed by atoms with Gasteiger partial charge in [0.05, 0.1) is 6.20 Å². The number of halogens is 1. The number of nitrogens with zero attached hydrogens (tertiary/aromatic N) is 2. The van der Waals surface area contributed by atoms with Gasteiger partial charge in [-0.25, -0.2) is 4.39 Å². The predicted molar refractivity (Wildman–Crippen MR) is 79.4 cm³/mol. The highest BCUT2D eigenvalue weighted by molar-refractivity contribution is 7.99. The Bertz CT molecular complexity index is 597. The molecule has 0 fully saturated rings. The number of benzene rings is 1. The van der Waals surface area contributed by atoms with Gasteiger partial charge in [0.15, 0.2) is 0 Å². The molecule has 0 amide bonds. The first kappa shape index (κ1) is 13.6. The van der Waals surface area contributed by atoms with Crippen molar-refractivity contribution in [3.63, 3.8) is 0 Å². The van der Waals surface area contributed by atoms with Gasteiger partial charge in [-0.2, -0.15) is 5.10 Å². The molecule has 1 aromatic carbocycles. The summed E-state index contributed by atoms with van der Waals surface area (Å²) in [6.07, 6.45) is 5.92. The molecule has 20 heavy (non-hydrogen) atoms. The predicted octanol–water partition coefficient (Wildman–Crippen LogP) is 2.93. The lowest BCUT2D eigenvalue weighted by atomic mass is 10.0. The maximum atomic E-state index is 13.8. The molecule has 2 aromatic rings. The van der Waals surface area contributed by atoms with Crippen LogP contribution in [0.5, 0.6) is 0 Å². The molecule has 0 radical (unpaired) electrons. The molecule has 1 N–H and O–H groups in total. The Morgan fingerprint density at radius 1 is 1.50 bits per heavy atom. The second kappa shape index (κ2) is 5.97. The molecule has 1 aliphatic rings. The lowest BCUT2D eigenvalue weighted by Gasteiger charge is -2.26. The summed E-state index contributed by atoms with van der Waals surface area (Å²) in [5.74, 6) is 0.879. The first-order valence-electron chi connectivity index (χ1n) is 6.86. The van der Waals surface area contributed by atoms with Crippen LogP contribution in [0.25, 0.3) is 0 Å². The molecule has 0 bridgehead atoms. The summed E-state index contributed by atoms with van der Waals surface area (Å²) in [5.41, 5.74) is 2.33. The van der Waals surface area contributed by atoms with Crippen LogP contribution >= 0.6 is 11.8 Å². The van der Waals surface area contributed by atoms with Gasteiger partial charge >= 0.3 is 0 Å². The van der Waals surface area contributed by atoms with Crippen molar-refractivity contribution in [2.75, 3.05) is 12.3 Å². The van der Waals surface area contributed by atoms with Crippen molar-refractivity contribution in [2.45, 2.75) is 23.8 Å². The van der Waals surface area contributed by atoms with E-state index >= 15 is 0 Å². The molecule has 1 unspecified atom stereocenters. The molecule has 3 rings (SSSR count). The maximum absolute atomic E-state index is 13.8. The van der Waals surface area contributed by atoms with E-state index in [1.807, 2.05) is 30.2 Å². The lowest BCUT2D eigenvalue weighted by Crippen LogP contribution is -2.26. The summed E-state index contributed by atoms with van der Waals surface area (Å²) in [7, 11) is 1.92. The quantitative estimate of drug-likeness (QED) is 0.939. The average molecular weight is 291 g/mol. The van der Waals surface area contributed by atoms with E-state index in [1.54, 1.807) is 23.9 Å². The van der Waals surface area contributed by atoms with E-state index in [4.69, 9.17) is 0 Å². The van der Waals surface area contributed by atoms with Gasteiger partial charge in [-0.3, -0.25) is 4.68 Å². The molecule has 1 aromatic heterocycles. The topological polar surface area (TPSA) is 29.9 Å². The highest BCUT2D eigenvalue weighted by Crippen LogP contribution is 2.37. The summed E-state index contributed by atoms with van der Waals surface area (Å²) in [6.45, 7) is 0.886. The Morgan fingerprint density at radius 3 is 3.20 bits per heavy atom. The van der Waals surface area contributed by atoms with Crippen LogP contribution in [0.15, 0.2) is 35.5 Å². The van der Waals surface area contributed by atoms with Gasteiger partial charge in [-0.15, -0.1) is 11.8 Å². The van der Waals surface area contributed by atoms with Crippen molar-refractivity contribution in [1.82, 2.24) is 15.1 Å². The third-order valence-electron chi connectivity index (χ3n) is 3.59. The van der Waals surface area contributed by atoms with Crippen molar-refractivity contribution in [3.05, 3.63) is 47.5 Å². The van der Waals surface area contributed by atoms with Crippen molar-refractivity contribution in [2.24, 2.45) is 7.05 Å². The number of aromatic nitrogens is 2. The number of hydrogen-bond acceptors (Lipinski definition) is 3. The smallest absolute Gasteiger partial charge is 0.137 e. The van der Waals surface area contributed by atoms with Crippen LogP contribution in [-0.2, 0) is 13.5 Å². The lowest BCUT2D eigenvalue weighted by molar-refractivity contribution is 0.500. The Balaban J connectivity index is 1.63. The minimum atomic E-state index is -0.0914. The van der Waals surface area contributed by atoms with Gasteiger partial charge in [0.1, 0.15) is 5.82 Å². The molecule has 1 aliphatic heterocycles. The molecule has 0 saturated heterocycles. The van der Waals surface area contributed by atoms with Crippen molar-refractivity contribution >= 4 is 11.8 Å². The highest BCUT2D eigenvalue weighted by Gasteiger charge is 2.22. The van der Waals surface area contributed by atoms with Crippen LogP contribution < -0.4 is 5.32 Å². The summed E-state index contributed by atoms with van der Waals surface area (Å²) in [6, 6.07) is 5.64. The summed E-state index contributed by atoms with van der Waals surface area (Å²) in [4.78, 5) is 0.817. The zero-order valence-electron chi connectivity index (χ0n) is 11.5. The molecule has 0 spiro atoms. The first-order valence-corrected chi connectivity index (χ1v) is 7.85. The number of fused-ring (bicyclic) bond motifs is 1. The van der Waals surface area contributed by atoms with E-state index in [2.05, 4.69) is 10.4 Å².